The van der Waals surface area contributed by atoms with Crippen molar-refractivity contribution in [3.05, 3.63) is 42.1 Å². The highest BCUT2D eigenvalue weighted by molar-refractivity contribution is 5.89. The van der Waals surface area contributed by atoms with Crippen molar-refractivity contribution in [3.8, 4) is 0 Å². The molecule has 0 N–H and O–H groups in total. The summed E-state index contributed by atoms with van der Waals surface area (Å²) in [4.78, 5) is 4.26. The Morgan fingerprint density at radius 3 is 2.94 bits per heavy atom. The first-order valence-corrected chi connectivity index (χ1v) is 5.15. The molecule has 0 bridgehead atoms. The Morgan fingerprint density at radius 1 is 1.25 bits per heavy atom. The summed E-state index contributed by atoms with van der Waals surface area (Å²) < 4.78 is 0. The molecular formula is C13H13N3. The SMILES string of the molecule is CC(C)=NN=Cc1ccc2ncccc2c1. The van der Waals surface area contributed by atoms with Gasteiger partial charge in [-0.3, -0.25) is 4.98 Å². The van der Waals surface area contributed by atoms with Gasteiger partial charge in [-0.05, 0) is 37.6 Å². The van der Waals surface area contributed by atoms with Gasteiger partial charge in [-0.25, -0.2) is 0 Å². The summed E-state index contributed by atoms with van der Waals surface area (Å²) in [5.41, 5.74) is 2.97. The summed E-state index contributed by atoms with van der Waals surface area (Å²) in [6.07, 6.45) is 3.54. The largest absolute Gasteiger partial charge is 0.256 e. The first-order chi connectivity index (χ1) is 7.75. The normalized spacial score (nSPS) is 10.9. The van der Waals surface area contributed by atoms with E-state index < -0.39 is 0 Å². The van der Waals surface area contributed by atoms with Gasteiger partial charge in [0.05, 0.1) is 11.7 Å². The maximum Gasteiger partial charge on any atom is 0.0702 e. The third-order valence-corrected chi connectivity index (χ3v) is 2.09. The van der Waals surface area contributed by atoms with Crippen molar-refractivity contribution in [3.63, 3.8) is 0 Å². The molecule has 1 aromatic heterocycles. The van der Waals surface area contributed by atoms with Crippen molar-refractivity contribution in [2.75, 3.05) is 0 Å². The molecule has 3 heteroatoms. The molecule has 0 aliphatic heterocycles. The molecule has 0 radical (unpaired) electrons. The van der Waals surface area contributed by atoms with Gasteiger partial charge in [0, 0.05) is 17.3 Å². The molecule has 0 fully saturated rings. The van der Waals surface area contributed by atoms with Gasteiger partial charge >= 0.3 is 0 Å². The molecule has 2 aromatic rings. The molecular weight excluding hydrogens is 198 g/mol. The van der Waals surface area contributed by atoms with Gasteiger partial charge in [-0.2, -0.15) is 10.2 Å². The van der Waals surface area contributed by atoms with Crippen LogP contribution in [0.15, 0.2) is 46.7 Å². The second kappa shape index (κ2) is 4.66. The second-order valence-electron chi connectivity index (χ2n) is 3.75. The maximum absolute atomic E-state index is 4.26. The van der Waals surface area contributed by atoms with Crippen LogP contribution in [0.1, 0.15) is 19.4 Å². The molecule has 1 heterocycles. The zero-order valence-electron chi connectivity index (χ0n) is 9.38. The average molecular weight is 211 g/mol. The van der Waals surface area contributed by atoms with Gasteiger partial charge in [0.15, 0.2) is 0 Å². The number of rotatable bonds is 2. The Hall–Kier alpha value is -2.03. The quantitative estimate of drug-likeness (QED) is 0.555. The highest BCUT2D eigenvalue weighted by Gasteiger charge is 1.93. The maximum atomic E-state index is 4.26. The van der Waals surface area contributed by atoms with Gasteiger partial charge in [0.25, 0.3) is 0 Å². The van der Waals surface area contributed by atoms with Gasteiger partial charge in [0.2, 0.25) is 0 Å². The van der Waals surface area contributed by atoms with Crippen LogP contribution in [-0.4, -0.2) is 16.9 Å². The van der Waals surface area contributed by atoms with Crippen molar-refractivity contribution in [2.45, 2.75) is 13.8 Å². The third-order valence-electron chi connectivity index (χ3n) is 2.09. The molecule has 0 aliphatic carbocycles. The van der Waals surface area contributed by atoms with E-state index in [1.165, 1.54) is 0 Å². The van der Waals surface area contributed by atoms with Crippen LogP contribution in [0.2, 0.25) is 0 Å². The fourth-order valence-corrected chi connectivity index (χ4v) is 1.39. The van der Waals surface area contributed by atoms with E-state index in [-0.39, 0.29) is 0 Å². The number of hydrogen-bond donors (Lipinski definition) is 0. The van der Waals surface area contributed by atoms with Gasteiger partial charge in [-0.1, -0.05) is 12.1 Å². The lowest BCUT2D eigenvalue weighted by atomic mass is 10.1. The van der Waals surface area contributed by atoms with Crippen molar-refractivity contribution >= 4 is 22.8 Å². The zero-order valence-corrected chi connectivity index (χ0v) is 9.38. The van der Waals surface area contributed by atoms with E-state index >= 15 is 0 Å². The Morgan fingerprint density at radius 2 is 2.12 bits per heavy atom. The lowest BCUT2D eigenvalue weighted by molar-refractivity contribution is 1.23. The Labute approximate surface area is 94.6 Å². The number of fused-ring (bicyclic) bond motifs is 1. The minimum absolute atomic E-state index is 0.943. The van der Waals surface area contributed by atoms with E-state index in [1.807, 2.05) is 44.2 Å². The van der Waals surface area contributed by atoms with E-state index in [2.05, 4.69) is 15.2 Å². The highest BCUT2D eigenvalue weighted by Crippen LogP contribution is 2.11. The first-order valence-electron chi connectivity index (χ1n) is 5.15. The molecule has 16 heavy (non-hydrogen) atoms. The Bertz CT molecular complexity index is 552. The third kappa shape index (κ3) is 2.51. The molecule has 1 aromatic carbocycles. The lowest BCUT2D eigenvalue weighted by Gasteiger charge is -1.97. The number of hydrogen-bond acceptors (Lipinski definition) is 3. The van der Waals surface area contributed by atoms with Crippen molar-refractivity contribution < 1.29 is 0 Å². The highest BCUT2D eigenvalue weighted by atomic mass is 15.2. The Kier molecular flexibility index (Phi) is 3.05. The molecule has 0 saturated heterocycles. The van der Waals surface area contributed by atoms with Crippen LogP contribution >= 0.6 is 0 Å². The summed E-state index contributed by atoms with van der Waals surface area (Å²) in [5.74, 6) is 0. The van der Waals surface area contributed by atoms with Crippen LogP contribution in [0.25, 0.3) is 10.9 Å². The summed E-state index contributed by atoms with van der Waals surface area (Å²) in [6.45, 7) is 3.84. The monoisotopic (exact) mass is 211 g/mol. The minimum atomic E-state index is 0.943. The summed E-state index contributed by atoms with van der Waals surface area (Å²) in [5, 5.41) is 9.08. The summed E-state index contributed by atoms with van der Waals surface area (Å²) >= 11 is 0. The molecule has 0 amide bonds. The molecule has 0 unspecified atom stereocenters. The van der Waals surface area contributed by atoms with Gasteiger partial charge < -0.3 is 0 Å². The van der Waals surface area contributed by atoms with Crippen LogP contribution in [-0.2, 0) is 0 Å². The smallest absolute Gasteiger partial charge is 0.0702 e. The molecule has 0 atom stereocenters. The number of nitrogens with zero attached hydrogens (tertiary/aromatic N) is 3. The van der Waals surface area contributed by atoms with E-state index in [0.717, 1.165) is 22.2 Å². The molecule has 0 spiro atoms. The van der Waals surface area contributed by atoms with Gasteiger partial charge in [-0.15, -0.1) is 0 Å². The van der Waals surface area contributed by atoms with E-state index in [9.17, 15) is 0 Å². The average Bonchev–Trinajstić information content (AvgIpc) is 2.28. The predicted octanol–water partition coefficient (Wildman–Crippen LogP) is 3.05. The zero-order chi connectivity index (χ0) is 11.4. The van der Waals surface area contributed by atoms with Crippen molar-refractivity contribution in [1.29, 1.82) is 0 Å². The van der Waals surface area contributed by atoms with E-state index in [4.69, 9.17) is 0 Å². The topological polar surface area (TPSA) is 37.6 Å². The fraction of sp³-hybridized carbons (Fsp3) is 0.154. The first kappa shape index (κ1) is 10.5. The Balaban J connectivity index is 2.33. The number of pyridine rings is 1. The second-order valence-corrected chi connectivity index (χ2v) is 3.75. The predicted molar refractivity (Wildman–Crippen MR) is 68.1 cm³/mol. The summed E-state index contributed by atoms with van der Waals surface area (Å²) in [6, 6.07) is 9.98. The van der Waals surface area contributed by atoms with E-state index in [1.54, 1.807) is 12.4 Å². The van der Waals surface area contributed by atoms with Crippen LogP contribution in [0.5, 0.6) is 0 Å². The minimum Gasteiger partial charge on any atom is -0.256 e. The van der Waals surface area contributed by atoms with Crippen LogP contribution < -0.4 is 0 Å². The molecule has 3 nitrogen and oxygen atoms in total. The standard InChI is InChI=1S/C13H13N3/c1-10(2)16-15-9-11-5-6-13-12(8-11)4-3-7-14-13/h3-9H,1-2H3. The van der Waals surface area contributed by atoms with Crippen LogP contribution in [0, 0.1) is 0 Å². The molecule has 0 saturated carbocycles. The molecule has 80 valence electrons. The fourth-order valence-electron chi connectivity index (χ4n) is 1.39. The van der Waals surface area contributed by atoms with E-state index in [0.29, 0.717) is 0 Å². The number of benzene rings is 1. The summed E-state index contributed by atoms with van der Waals surface area (Å²) in [7, 11) is 0. The van der Waals surface area contributed by atoms with Crippen molar-refractivity contribution in [1.82, 2.24) is 4.98 Å². The van der Waals surface area contributed by atoms with Gasteiger partial charge in [0.1, 0.15) is 0 Å². The van der Waals surface area contributed by atoms with Crippen LogP contribution in [0.3, 0.4) is 0 Å². The molecule has 0 aliphatic rings. The number of aromatic nitrogens is 1. The van der Waals surface area contributed by atoms with Crippen molar-refractivity contribution in [2.24, 2.45) is 10.2 Å². The molecule has 2 rings (SSSR count). The lowest BCUT2D eigenvalue weighted by Crippen LogP contribution is -1.84. The van der Waals surface area contributed by atoms with Crippen LogP contribution in [0.4, 0.5) is 0 Å².